The zero-order chi connectivity index (χ0) is 13.2. The lowest BCUT2D eigenvalue weighted by Gasteiger charge is -2.36. The second-order valence-corrected chi connectivity index (χ2v) is 5.16. The maximum Gasteiger partial charge on any atom is 0.148 e. The Kier molecular flexibility index (Phi) is 3.15. The zero-order valence-electron chi connectivity index (χ0n) is 11.3. The number of aromatic nitrogens is 2. The van der Waals surface area contributed by atoms with Crippen LogP contribution >= 0.6 is 0 Å². The number of hydrogen-bond donors (Lipinski definition) is 1. The van der Waals surface area contributed by atoms with Gasteiger partial charge >= 0.3 is 0 Å². The molecule has 4 heteroatoms. The molecule has 1 N–H and O–H groups in total. The van der Waals surface area contributed by atoms with Gasteiger partial charge in [-0.1, -0.05) is 12.1 Å². The first-order chi connectivity index (χ1) is 9.24. The predicted molar refractivity (Wildman–Crippen MR) is 75.6 cm³/mol. The van der Waals surface area contributed by atoms with E-state index in [0.717, 1.165) is 11.6 Å². The number of ether oxygens (including phenoxy) is 1. The molecular formula is C15H19N3O. The molecule has 1 heterocycles. The molecule has 0 bridgehead atoms. The van der Waals surface area contributed by atoms with Crippen molar-refractivity contribution in [3.05, 3.63) is 42.1 Å². The Bertz CT molecular complexity index is 541. The number of nitrogens with one attached hydrogen (secondary N) is 1. The summed E-state index contributed by atoms with van der Waals surface area (Å²) in [5, 5.41) is 7.81. The first-order valence-electron chi connectivity index (χ1n) is 6.65. The van der Waals surface area contributed by atoms with Crippen molar-refractivity contribution in [1.82, 2.24) is 9.78 Å². The first kappa shape index (κ1) is 12.1. The van der Waals surface area contributed by atoms with Crippen LogP contribution in [0.1, 0.15) is 24.3 Å². The van der Waals surface area contributed by atoms with Gasteiger partial charge < -0.3 is 10.1 Å². The smallest absolute Gasteiger partial charge is 0.148 e. The van der Waals surface area contributed by atoms with Crippen LogP contribution in [0.2, 0.25) is 0 Å². The van der Waals surface area contributed by atoms with Gasteiger partial charge in [0.15, 0.2) is 0 Å². The maximum atomic E-state index is 5.18. The number of rotatable bonds is 4. The molecule has 4 nitrogen and oxygen atoms in total. The molecule has 100 valence electrons. The summed E-state index contributed by atoms with van der Waals surface area (Å²) in [6, 6.07) is 11.0. The van der Waals surface area contributed by atoms with E-state index in [1.165, 1.54) is 18.4 Å². The summed E-state index contributed by atoms with van der Waals surface area (Å²) in [7, 11) is 3.64. The largest absolute Gasteiger partial charge is 0.497 e. The number of benzene rings is 1. The number of aryl methyl sites for hydroxylation is 1. The molecule has 0 spiro atoms. The van der Waals surface area contributed by atoms with E-state index in [1.54, 1.807) is 7.11 Å². The molecule has 0 radical (unpaired) electrons. The van der Waals surface area contributed by atoms with E-state index in [4.69, 9.17) is 4.74 Å². The summed E-state index contributed by atoms with van der Waals surface area (Å²) >= 11 is 0. The highest BCUT2D eigenvalue weighted by Gasteiger charge is 2.30. The molecule has 0 unspecified atom stereocenters. The molecule has 1 fully saturated rings. The Hall–Kier alpha value is -1.97. The van der Waals surface area contributed by atoms with E-state index in [2.05, 4.69) is 22.5 Å². The monoisotopic (exact) mass is 257 g/mol. The Morgan fingerprint density at radius 1 is 1.21 bits per heavy atom. The minimum atomic E-state index is 0.544. The summed E-state index contributed by atoms with van der Waals surface area (Å²) in [6.07, 6.45) is 4.30. The van der Waals surface area contributed by atoms with Crippen LogP contribution in [0.5, 0.6) is 5.75 Å². The third kappa shape index (κ3) is 2.57. The van der Waals surface area contributed by atoms with Gasteiger partial charge in [0.1, 0.15) is 11.6 Å². The Morgan fingerprint density at radius 2 is 1.95 bits per heavy atom. The average molecular weight is 257 g/mol. The van der Waals surface area contributed by atoms with Gasteiger partial charge in [0, 0.05) is 25.4 Å². The second kappa shape index (κ2) is 4.96. The highest BCUT2D eigenvalue weighted by molar-refractivity contribution is 5.37. The van der Waals surface area contributed by atoms with Crippen LogP contribution in [-0.4, -0.2) is 22.9 Å². The van der Waals surface area contributed by atoms with Crippen LogP contribution in [0, 0.1) is 0 Å². The van der Waals surface area contributed by atoms with Crippen LogP contribution < -0.4 is 10.1 Å². The first-order valence-corrected chi connectivity index (χ1v) is 6.65. The van der Waals surface area contributed by atoms with Gasteiger partial charge in [-0.3, -0.25) is 4.68 Å². The molecule has 0 atom stereocenters. The van der Waals surface area contributed by atoms with Gasteiger partial charge in [-0.2, -0.15) is 5.10 Å². The summed E-state index contributed by atoms with van der Waals surface area (Å²) in [5.41, 5.74) is 1.40. The van der Waals surface area contributed by atoms with Crippen LogP contribution in [-0.2, 0) is 7.05 Å². The molecule has 1 aromatic heterocycles. The fourth-order valence-corrected chi connectivity index (χ4v) is 2.59. The molecule has 19 heavy (non-hydrogen) atoms. The van der Waals surface area contributed by atoms with Crippen molar-refractivity contribution in [2.45, 2.75) is 24.8 Å². The van der Waals surface area contributed by atoms with Crippen molar-refractivity contribution in [2.75, 3.05) is 12.4 Å². The van der Waals surface area contributed by atoms with Crippen LogP contribution in [0.4, 0.5) is 5.82 Å². The molecule has 1 aliphatic carbocycles. The minimum Gasteiger partial charge on any atom is -0.497 e. The van der Waals surface area contributed by atoms with Crippen molar-refractivity contribution < 1.29 is 4.74 Å². The highest BCUT2D eigenvalue weighted by atomic mass is 16.5. The van der Waals surface area contributed by atoms with Crippen LogP contribution in [0.25, 0.3) is 0 Å². The number of nitrogens with zero attached hydrogens (tertiary/aromatic N) is 2. The van der Waals surface area contributed by atoms with Crippen molar-refractivity contribution in [3.63, 3.8) is 0 Å². The minimum absolute atomic E-state index is 0.544. The number of hydrogen-bond acceptors (Lipinski definition) is 3. The molecule has 0 amide bonds. The molecule has 2 aromatic rings. The molecule has 1 saturated carbocycles. The average Bonchev–Trinajstić information content (AvgIpc) is 2.79. The summed E-state index contributed by atoms with van der Waals surface area (Å²) < 4.78 is 7.00. The van der Waals surface area contributed by atoms with E-state index >= 15 is 0 Å². The van der Waals surface area contributed by atoms with Crippen molar-refractivity contribution in [2.24, 2.45) is 7.05 Å². The lowest BCUT2D eigenvalue weighted by Crippen LogP contribution is -2.34. The van der Waals surface area contributed by atoms with Gasteiger partial charge in [-0.15, -0.1) is 0 Å². The van der Waals surface area contributed by atoms with E-state index in [1.807, 2.05) is 36.1 Å². The van der Waals surface area contributed by atoms with Gasteiger partial charge in [0.25, 0.3) is 0 Å². The molecule has 0 saturated heterocycles. The number of anilines is 1. The van der Waals surface area contributed by atoms with Gasteiger partial charge in [-0.25, -0.2) is 0 Å². The molecule has 0 aliphatic heterocycles. The van der Waals surface area contributed by atoms with Gasteiger partial charge in [-0.05, 0) is 36.5 Å². The van der Waals surface area contributed by atoms with Crippen molar-refractivity contribution >= 4 is 5.82 Å². The molecule has 3 rings (SSSR count). The standard InChI is InChI=1S/C15H19N3O/c1-18-8-7-15(17-18)16-13-9-12(10-13)11-3-5-14(19-2)6-4-11/h3-8,12-13H,9-10H2,1-2H3,(H,16,17). The summed E-state index contributed by atoms with van der Waals surface area (Å²) in [5.74, 6) is 2.55. The fraction of sp³-hybridized carbons (Fsp3) is 0.400. The fourth-order valence-electron chi connectivity index (χ4n) is 2.59. The predicted octanol–water partition coefficient (Wildman–Crippen LogP) is 2.79. The topological polar surface area (TPSA) is 39.1 Å². The zero-order valence-corrected chi connectivity index (χ0v) is 11.3. The van der Waals surface area contributed by atoms with E-state index in [0.29, 0.717) is 12.0 Å². The van der Waals surface area contributed by atoms with Crippen LogP contribution in [0.15, 0.2) is 36.5 Å². The summed E-state index contributed by atoms with van der Waals surface area (Å²) in [6.45, 7) is 0. The molecule has 1 aliphatic rings. The third-order valence-electron chi connectivity index (χ3n) is 3.79. The lowest BCUT2D eigenvalue weighted by atomic mass is 9.76. The van der Waals surface area contributed by atoms with Crippen molar-refractivity contribution in [1.29, 1.82) is 0 Å². The van der Waals surface area contributed by atoms with Crippen LogP contribution in [0.3, 0.4) is 0 Å². The van der Waals surface area contributed by atoms with E-state index < -0.39 is 0 Å². The van der Waals surface area contributed by atoms with E-state index in [-0.39, 0.29) is 0 Å². The highest BCUT2D eigenvalue weighted by Crippen LogP contribution is 2.38. The third-order valence-corrected chi connectivity index (χ3v) is 3.79. The van der Waals surface area contributed by atoms with E-state index in [9.17, 15) is 0 Å². The maximum absolute atomic E-state index is 5.18. The molecule has 1 aromatic carbocycles. The SMILES string of the molecule is COc1ccc(C2CC(Nc3ccn(C)n3)C2)cc1. The molecular weight excluding hydrogens is 238 g/mol. The Labute approximate surface area is 113 Å². The second-order valence-electron chi connectivity index (χ2n) is 5.16. The Balaban J connectivity index is 1.54. The van der Waals surface area contributed by atoms with Gasteiger partial charge in [0.05, 0.1) is 7.11 Å². The van der Waals surface area contributed by atoms with Gasteiger partial charge in [0.2, 0.25) is 0 Å². The lowest BCUT2D eigenvalue weighted by molar-refractivity contribution is 0.372. The Morgan fingerprint density at radius 3 is 2.53 bits per heavy atom. The van der Waals surface area contributed by atoms with Crippen molar-refractivity contribution in [3.8, 4) is 5.75 Å². The summed E-state index contributed by atoms with van der Waals surface area (Å²) in [4.78, 5) is 0. The normalized spacial score (nSPS) is 21.8. The number of methoxy groups -OCH3 is 1. The quantitative estimate of drug-likeness (QED) is 0.915.